The zero-order valence-electron chi connectivity index (χ0n) is 12.3. The van der Waals surface area contributed by atoms with Gasteiger partial charge in [0.1, 0.15) is 5.75 Å². The lowest BCUT2D eigenvalue weighted by Crippen LogP contribution is -2.24. The van der Waals surface area contributed by atoms with Gasteiger partial charge in [0.2, 0.25) is 0 Å². The zero-order valence-corrected chi connectivity index (χ0v) is 12.3. The first-order valence-corrected chi connectivity index (χ1v) is 7.64. The Hall–Kier alpha value is -1.02. The second kappa shape index (κ2) is 5.16. The van der Waals surface area contributed by atoms with Crippen LogP contribution in [0.5, 0.6) is 5.75 Å². The maximum Gasteiger partial charge on any atom is 0.121 e. The van der Waals surface area contributed by atoms with Gasteiger partial charge in [0.25, 0.3) is 0 Å². The fraction of sp³-hybridized carbons (Fsp3) is 0.647. The molecule has 0 saturated heterocycles. The van der Waals surface area contributed by atoms with Crippen LogP contribution in [-0.4, -0.2) is 13.7 Å². The Bertz CT molecular complexity index is 447. The molecule has 104 valence electrons. The van der Waals surface area contributed by atoms with Crippen LogP contribution in [0.4, 0.5) is 0 Å². The van der Waals surface area contributed by atoms with Crippen LogP contribution >= 0.6 is 0 Å². The molecule has 2 fully saturated rings. The first-order chi connectivity index (χ1) is 9.26. The fourth-order valence-corrected chi connectivity index (χ4v) is 4.16. The number of ether oxygens (including phenoxy) is 1. The van der Waals surface area contributed by atoms with E-state index in [0.717, 1.165) is 30.0 Å². The highest BCUT2D eigenvalue weighted by Gasteiger charge is 2.55. The number of hydrogen-bond donors (Lipinski definition) is 1. The first-order valence-electron chi connectivity index (χ1n) is 7.64. The molecule has 0 aromatic heterocycles. The number of benzene rings is 1. The highest BCUT2D eigenvalue weighted by atomic mass is 16.5. The molecule has 3 rings (SSSR count). The molecule has 2 aliphatic carbocycles. The van der Waals surface area contributed by atoms with Crippen molar-refractivity contribution in [3.8, 4) is 5.75 Å². The first kappa shape index (κ1) is 13.0. The summed E-state index contributed by atoms with van der Waals surface area (Å²) in [6.45, 7) is 5.40. The summed E-state index contributed by atoms with van der Waals surface area (Å²) in [6.07, 6.45) is 4.35. The summed E-state index contributed by atoms with van der Waals surface area (Å²) >= 11 is 0. The maximum atomic E-state index is 5.37. The average molecular weight is 259 g/mol. The van der Waals surface area contributed by atoms with E-state index in [2.05, 4.69) is 37.4 Å². The van der Waals surface area contributed by atoms with Crippen molar-refractivity contribution in [3.63, 3.8) is 0 Å². The monoisotopic (exact) mass is 259 g/mol. The molecule has 1 N–H and O–H groups in total. The van der Waals surface area contributed by atoms with Gasteiger partial charge in [-0.25, -0.2) is 0 Å². The van der Waals surface area contributed by atoms with Crippen molar-refractivity contribution >= 4 is 0 Å². The Morgan fingerprint density at radius 1 is 1.32 bits per heavy atom. The van der Waals surface area contributed by atoms with Gasteiger partial charge in [0.15, 0.2) is 0 Å². The molecule has 2 saturated carbocycles. The van der Waals surface area contributed by atoms with Crippen molar-refractivity contribution in [1.82, 2.24) is 5.32 Å². The van der Waals surface area contributed by atoms with Gasteiger partial charge in [-0.3, -0.25) is 0 Å². The van der Waals surface area contributed by atoms with E-state index < -0.39 is 0 Å². The Kier molecular flexibility index (Phi) is 3.53. The number of methoxy groups -OCH3 is 1. The summed E-state index contributed by atoms with van der Waals surface area (Å²) in [5, 5.41) is 3.71. The van der Waals surface area contributed by atoms with Gasteiger partial charge < -0.3 is 10.1 Å². The summed E-state index contributed by atoms with van der Waals surface area (Å²) in [6, 6.07) is 7.21. The van der Waals surface area contributed by atoms with Crippen LogP contribution in [0.1, 0.15) is 43.4 Å². The third-order valence-electron chi connectivity index (χ3n) is 5.06. The summed E-state index contributed by atoms with van der Waals surface area (Å²) < 4.78 is 5.37. The lowest BCUT2D eigenvalue weighted by molar-refractivity contribution is 0.408. The quantitative estimate of drug-likeness (QED) is 0.870. The van der Waals surface area contributed by atoms with Crippen LogP contribution in [0.2, 0.25) is 0 Å². The van der Waals surface area contributed by atoms with Crippen LogP contribution in [0.3, 0.4) is 0 Å². The van der Waals surface area contributed by atoms with Crippen molar-refractivity contribution in [3.05, 3.63) is 29.3 Å². The van der Waals surface area contributed by atoms with Crippen LogP contribution in [0.15, 0.2) is 18.2 Å². The number of hydrogen-bond acceptors (Lipinski definition) is 2. The summed E-state index contributed by atoms with van der Waals surface area (Å²) in [4.78, 5) is 0. The van der Waals surface area contributed by atoms with Gasteiger partial charge in [-0.15, -0.1) is 0 Å². The van der Waals surface area contributed by atoms with Gasteiger partial charge >= 0.3 is 0 Å². The SMILES string of the molecule is CCNC(c1ccc(OC)c(C)c1)C1C2CCCC21. The van der Waals surface area contributed by atoms with Gasteiger partial charge in [-0.1, -0.05) is 25.5 Å². The molecule has 0 aliphatic heterocycles. The molecule has 0 bridgehead atoms. The molecule has 19 heavy (non-hydrogen) atoms. The molecule has 1 aromatic carbocycles. The van der Waals surface area contributed by atoms with Gasteiger partial charge in [0, 0.05) is 6.04 Å². The summed E-state index contributed by atoms with van der Waals surface area (Å²) in [5.41, 5.74) is 2.69. The second-order valence-corrected chi connectivity index (χ2v) is 6.10. The second-order valence-electron chi connectivity index (χ2n) is 6.10. The predicted octanol–water partition coefficient (Wildman–Crippen LogP) is 3.70. The van der Waals surface area contributed by atoms with E-state index in [-0.39, 0.29) is 0 Å². The van der Waals surface area contributed by atoms with Crippen molar-refractivity contribution in [2.75, 3.05) is 13.7 Å². The Labute approximate surface area is 116 Å². The molecular weight excluding hydrogens is 234 g/mol. The number of rotatable bonds is 5. The Morgan fingerprint density at radius 3 is 2.63 bits per heavy atom. The topological polar surface area (TPSA) is 21.3 Å². The molecule has 2 nitrogen and oxygen atoms in total. The van der Waals surface area contributed by atoms with Crippen molar-refractivity contribution in [1.29, 1.82) is 0 Å². The molecule has 3 unspecified atom stereocenters. The molecule has 1 aromatic rings. The van der Waals surface area contributed by atoms with E-state index in [0.29, 0.717) is 6.04 Å². The van der Waals surface area contributed by atoms with E-state index in [1.165, 1.54) is 30.4 Å². The molecular formula is C17H25NO. The molecule has 0 amide bonds. The molecule has 0 radical (unpaired) electrons. The highest BCUT2D eigenvalue weighted by Crippen LogP contribution is 2.62. The van der Waals surface area contributed by atoms with E-state index in [1.807, 2.05) is 0 Å². The third kappa shape index (κ3) is 2.27. The van der Waals surface area contributed by atoms with Crippen molar-refractivity contribution in [2.45, 2.75) is 39.2 Å². The summed E-state index contributed by atoms with van der Waals surface area (Å²) in [5.74, 6) is 3.86. The minimum atomic E-state index is 0.546. The highest BCUT2D eigenvalue weighted by molar-refractivity contribution is 5.38. The minimum absolute atomic E-state index is 0.546. The van der Waals surface area contributed by atoms with Gasteiger partial charge in [-0.2, -0.15) is 0 Å². The van der Waals surface area contributed by atoms with Gasteiger partial charge in [0.05, 0.1) is 7.11 Å². The number of fused-ring (bicyclic) bond motifs is 1. The molecule has 2 heteroatoms. The molecule has 0 spiro atoms. The largest absolute Gasteiger partial charge is 0.496 e. The zero-order chi connectivity index (χ0) is 13.4. The van der Waals surface area contributed by atoms with Crippen LogP contribution < -0.4 is 10.1 Å². The number of aryl methyl sites for hydroxylation is 1. The van der Waals surface area contributed by atoms with Crippen LogP contribution in [0.25, 0.3) is 0 Å². The normalized spacial score (nSPS) is 29.9. The standard InChI is InChI=1S/C17H25NO/c1-4-18-17(16-13-6-5-7-14(13)16)12-8-9-15(19-3)11(2)10-12/h8-10,13-14,16-18H,4-7H2,1-3H3. The minimum Gasteiger partial charge on any atom is -0.496 e. The van der Waals surface area contributed by atoms with E-state index in [9.17, 15) is 0 Å². The van der Waals surface area contributed by atoms with E-state index in [4.69, 9.17) is 4.74 Å². The molecule has 2 aliphatic rings. The lowest BCUT2D eigenvalue weighted by Gasteiger charge is -2.21. The lowest BCUT2D eigenvalue weighted by atomic mass is 9.95. The van der Waals surface area contributed by atoms with E-state index in [1.54, 1.807) is 7.11 Å². The van der Waals surface area contributed by atoms with Crippen molar-refractivity contribution in [2.24, 2.45) is 17.8 Å². The molecule has 3 atom stereocenters. The fourth-order valence-electron chi connectivity index (χ4n) is 4.16. The Balaban J connectivity index is 1.82. The van der Waals surface area contributed by atoms with E-state index >= 15 is 0 Å². The summed E-state index contributed by atoms with van der Waals surface area (Å²) in [7, 11) is 1.75. The predicted molar refractivity (Wildman–Crippen MR) is 78.5 cm³/mol. The maximum absolute atomic E-state index is 5.37. The number of nitrogens with one attached hydrogen (secondary N) is 1. The van der Waals surface area contributed by atoms with Crippen molar-refractivity contribution < 1.29 is 4.74 Å². The van der Waals surface area contributed by atoms with Crippen LogP contribution in [0, 0.1) is 24.7 Å². The third-order valence-corrected chi connectivity index (χ3v) is 5.06. The average Bonchev–Trinajstić information content (AvgIpc) is 2.87. The smallest absolute Gasteiger partial charge is 0.121 e. The van der Waals surface area contributed by atoms with Crippen LogP contribution in [-0.2, 0) is 0 Å². The van der Waals surface area contributed by atoms with Gasteiger partial charge in [-0.05, 0) is 61.3 Å². The Morgan fingerprint density at radius 2 is 2.05 bits per heavy atom. The molecule has 0 heterocycles.